The van der Waals surface area contributed by atoms with E-state index in [9.17, 15) is 9.50 Å². The van der Waals surface area contributed by atoms with Gasteiger partial charge in [0.25, 0.3) is 0 Å². The van der Waals surface area contributed by atoms with Gasteiger partial charge < -0.3 is 16.2 Å². The number of hydrogen-bond donors (Lipinski definition) is 3. The van der Waals surface area contributed by atoms with E-state index in [1.165, 1.54) is 6.07 Å². The van der Waals surface area contributed by atoms with Crippen molar-refractivity contribution in [3.8, 4) is 0 Å². The standard InChI is InChI=1S/C10H14BrFN2O/c1-5(2)10(15)14-8-4-6(11)3-7(12)9(8)13/h3-5,10,14-15H,13H2,1-2H3. The summed E-state index contributed by atoms with van der Waals surface area (Å²) in [6.45, 7) is 3.70. The monoisotopic (exact) mass is 276 g/mol. The quantitative estimate of drug-likeness (QED) is 0.588. The minimum Gasteiger partial charge on any atom is -0.395 e. The van der Waals surface area contributed by atoms with Crippen LogP contribution in [0.25, 0.3) is 0 Å². The van der Waals surface area contributed by atoms with Gasteiger partial charge in [0.1, 0.15) is 12.0 Å². The summed E-state index contributed by atoms with van der Waals surface area (Å²) in [5.74, 6) is -0.491. The van der Waals surface area contributed by atoms with Crippen molar-refractivity contribution in [2.24, 2.45) is 5.92 Å². The van der Waals surface area contributed by atoms with Crippen LogP contribution in [0, 0.1) is 11.7 Å². The third-order valence-electron chi connectivity index (χ3n) is 2.03. The fraction of sp³-hybridized carbons (Fsp3) is 0.400. The summed E-state index contributed by atoms with van der Waals surface area (Å²) in [6, 6.07) is 2.91. The van der Waals surface area contributed by atoms with Crippen LogP contribution in [0.2, 0.25) is 0 Å². The smallest absolute Gasteiger partial charge is 0.149 e. The zero-order valence-corrected chi connectivity index (χ0v) is 10.2. The van der Waals surface area contributed by atoms with Gasteiger partial charge in [0.05, 0.1) is 11.4 Å². The van der Waals surface area contributed by atoms with Crippen molar-refractivity contribution in [1.82, 2.24) is 0 Å². The highest BCUT2D eigenvalue weighted by molar-refractivity contribution is 9.10. The van der Waals surface area contributed by atoms with E-state index in [0.29, 0.717) is 10.2 Å². The molecule has 0 aromatic heterocycles. The van der Waals surface area contributed by atoms with Gasteiger partial charge in [0.15, 0.2) is 0 Å². The molecule has 5 heteroatoms. The number of nitrogen functional groups attached to an aromatic ring is 1. The number of aliphatic hydroxyl groups excluding tert-OH is 1. The summed E-state index contributed by atoms with van der Waals surface area (Å²) in [5.41, 5.74) is 5.93. The van der Waals surface area contributed by atoms with Crippen LogP contribution in [-0.4, -0.2) is 11.3 Å². The normalized spacial score (nSPS) is 12.9. The average molecular weight is 277 g/mol. The topological polar surface area (TPSA) is 58.3 Å². The Kier molecular flexibility index (Phi) is 3.93. The Hall–Kier alpha value is -0.810. The molecule has 0 bridgehead atoms. The maximum atomic E-state index is 13.2. The van der Waals surface area contributed by atoms with E-state index < -0.39 is 12.0 Å². The predicted octanol–water partition coefficient (Wildman–Crippen LogP) is 2.56. The van der Waals surface area contributed by atoms with Crippen LogP contribution in [0.15, 0.2) is 16.6 Å². The Morgan fingerprint density at radius 3 is 2.60 bits per heavy atom. The zero-order valence-electron chi connectivity index (χ0n) is 8.59. The lowest BCUT2D eigenvalue weighted by molar-refractivity contribution is 0.153. The number of rotatable bonds is 3. The van der Waals surface area contributed by atoms with Crippen LogP contribution >= 0.6 is 15.9 Å². The molecule has 3 nitrogen and oxygen atoms in total. The van der Waals surface area contributed by atoms with Crippen LogP contribution in [0.5, 0.6) is 0 Å². The molecule has 0 saturated carbocycles. The van der Waals surface area contributed by atoms with Crippen molar-refractivity contribution in [2.45, 2.75) is 20.1 Å². The summed E-state index contributed by atoms with van der Waals surface area (Å²) < 4.78 is 13.8. The highest BCUT2D eigenvalue weighted by atomic mass is 79.9. The predicted molar refractivity (Wildman–Crippen MR) is 63.0 cm³/mol. The van der Waals surface area contributed by atoms with Crippen molar-refractivity contribution in [2.75, 3.05) is 11.1 Å². The summed E-state index contributed by atoms with van der Waals surface area (Å²) in [5, 5.41) is 12.3. The molecule has 0 saturated heterocycles. The van der Waals surface area contributed by atoms with Crippen LogP contribution in [0.1, 0.15) is 13.8 Å². The average Bonchev–Trinajstić information content (AvgIpc) is 2.13. The number of halogens is 2. The van der Waals surface area contributed by atoms with Gasteiger partial charge in [-0.3, -0.25) is 0 Å². The molecule has 0 amide bonds. The summed E-state index contributed by atoms with van der Waals surface area (Å²) in [7, 11) is 0. The van der Waals surface area contributed by atoms with Gasteiger partial charge in [0, 0.05) is 4.47 Å². The van der Waals surface area contributed by atoms with Gasteiger partial charge >= 0.3 is 0 Å². The van der Waals surface area contributed by atoms with Crippen molar-refractivity contribution in [1.29, 1.82) is 0 Å². The Morgan fingerprint density at radius 2 is 2.07 bits per heavy atom. The molecule has 0 heterocycles. The van der Waals surface area contributed by atoms with E-state index in [1.54, 1.807) is 6.07 Å². The Balaban J connectivity index is 2.94. The van der Waals surface area contributed by atoms with Crippen LogP contribution < -0.4 is 11.1 Å². The highest BCUT2D eigenvalue weighted by Crippen LogP contribution is 2.27. The fourth-order valence-electron chi connectivity index (χ4n) is 1.03. The Labute approximate surface area is 96.6 Å². The van der Waals surface area contributed by atoms with E-state index in [4.69, 9.17) is 5.73 Å². The van der Waals surface area contributed by atoms with Crippen molar-refractivity contribution < 1.29 is 9.50 Å². The van der Waals surface area contributed by atoms with E-state index in [2.05, 4.69) is 21.2 Å². The van der Waals surface area contributed by atoms with E-state index >= 15 is 0 Å². The molecule has 0 aliphatic heterocycles. The van der Waals surface area contributed by atoms with E-state index in [-0.39, 0.29) is 11.6 Å². The zero-order chi connectivity index (χ0) is 11.6. The minimum absolute atomic E-state index is 0.0119. The first kappa shape index (κ1) is 12.3. The molecule has 1 aromatic carbocycles. The van der Waals surface area contributed by atoms with Crippen LogP contribution in [0.3, 0.4) is 0 Å². The molecule has 0 aliphatic rings. The van der Waals surface area contributed by atoms with Crippen molar-refractivity contribution in [3.63, 3.8) is 0 Å². The Bertz CT molecular complexity index is 358. The van der Waals surface area contributed by atoms with Gasteiger partial charge in [-0.05, 0) is 18.1 Å². The molecule has 84 valence electrons. The van der Waals surface area contributed by atoms with Crippen molar-refractivity contribution in [3.05, 3.63) is 22.4 Å². The molecular formula is C10H14BrFN2O. The molecule has 1 rings (SSSR count). The lowest BCUT2D eigenvalue weighted by Crippen LogP contribution is -2.25. The minimum atomic E-state index is -0.749. The molecule has 15 heavy (non-hydrogen) atoms. The lowest BCUT2D eigenvalue weighted by atomic mass is 10.1. The van der Waals surface area contributed by atoms with Gasteiger partial charge in [-0.2, -0.15) is 0 Å². The summed E-state index contributed by atoms with van der Waals surface area (Å²) in [6.07, 6.45) is -0.749. The second-order valence-corrected chi connectivity index (χ2v) is 4.60. The first-order valence-corrected chi connectivity index (χ1v) is 5.40. The SMILES string of the molecule is CC(C)C(O)Nc1cc(Br)cc(F)c1N. The molecule has 0 fully saturated rings. The molecule has 0 radical (unpaired) electrons. The number of anilines is 2. The lowest BCUT2D eigenvalue weighted by Gasteiger charge is -2.19. The summed E-state index contributed by atoms with van der Waals surface area (Å²) >= 11 is 3.16. The maximum Gasteiger partial charge on any atom is 0.149 e. The first-order valence-electron chi connectivity index (χ1n) is 4.61. The fourth-order valence-corrected chi connectivity index (χ4v) is 1.46. The van der Waals surface area contributed by atoms with Gasteiger partial charge in [-0.15, -0.1) is 0 Å². The van der Waals surface area contributed by atoms with Gasteiger partial charge in [-0.25, -0.2) is 4.39 Å². The Morgan fingerprint density at radius 1 is 1.47 bits per heavy atom. The molecular weight excluding hydrogens is 263 g/mol. The van der Waals surface area contributed by atoms with E-state index in [1.807, 2.05) is 13.8 Å². The first-order chi connectivity index (χ1) is 6.91. The van der Waals surface area contributed by atoms with Crippen LogP contribution in [0.4, 0.5) is 15.8 Å². The summed E-state index contributed by atoms with van der Waals surface area (Å²) in [4.78, 5) is 0. The molecule has 0 spiro atoms. The van der Waals surface area contributed by atoms with Gasteiger partial charge in [-0.1, -0.05) is 29.8 Å². The van der Waals surface area contributed by atoms with Gasteiger partial charge in [0.2, 0.25) is 0 Å². The third kappa shape index (κ3) is 3.07. The largest absolute Gasteiger partial charge is 0.395 e. The number of aliphatic hydroxyl groups is 1. The molecule has 0 aliphatic carbocycles. The molecule has 1 aromatic rings. The third-order valence-corrected chi connectivity index (χ3v) is 2.49. The van der Waals surface area contributed by atoms with Crippen LogP contribution in [-0.2, 0) is 0 Å². The number of hydrogen-bond acceptors (Lipinski definition) is 3. The number of nitrogens with one attached hydrogen (secondary N) is 1. The number of benzene rings is 1. The highest BCUT2D eigenvalue weighted by Gasteiger charge is 2.12. The molecule has 4 N–H and O–H groups in total. The maximum absolute atomic E-state index is 13.2. The molecule has 1 unspecified atom stereocenters. The van der Waals surface area contributed by atoms with E-state index in [0.717, 1.165) is 0 Å². The number of nitrogens with two attached hydrogens (primary N) is 1. The second kappa shape index (κ2) is 4.81. The van der Waals surface area contributed by atoms with Crippen molar-refractivity contribution >= 4 is 27.3 Å². The second-order valence-electron chi connectivity index (χ2n) is 3.68. The molecule has 1 atom stereocenters.